The Morgan fingerprint density at radius 2 is 1.63 bits per heavy atom. The molecule has 0 unspecified atom stereocenters. The predicted molar refractivity (Wildman–Crippen MR) is 120 cm³/mol. The first kappa shape index (κ1) is 19.9. The molecule has 0 fully saturated rings. The van der Waals surface area contributed by atoms with Crippen LogP contribution < -0.4 is 10.1 Å². The summed E-state index contributed by atoms with van der Waals surface area (Å²) in [5.74, 6) is -0.0768. The van der Waals surface area contributed by atoms with Gasteiger partial charge >= 0.3 is 0 Å². The van der Waals surface area contributed by atoms with Crippen molar-refractivity contribution < 1.29 is 14.3 Å². The Hall–Kier alpha value is -3.38. The summed E-state index contributed by atoms with van der Waals surface area (Å²) in [4.78, 5) is 27.9. The Kier molecular flexibility index (Phi) is 5.68. The van der Waals surface area contributed by atoms with E-state index in [1.54, 1.807) is 7.11 Å². The number of methoxy groups -OCH3 is 1. The van der Waals surface area contributed by atoms with E-state index in [-0.39, 0.29) is 24.1 Å². The minimum Gasteiger partial charge on any atom is -0.496 e. The summed E-state index contributed by atoms with van der Waals surface area (Å²) >= 11 is 3.44. The summed E-state index contributed by atoms with van der Waals surface area (Å²) in [6, 6.07) is 24.1. The molecule has 0 saturated heterocycles. The van der Waals surface area contributed by atoms with Gasteiger partial charge in [-0.25, -0.2) is 0 Å². The first-order valence-electron chi connectivity index (χ1n) is 9.39. The number of carbonyl (C=O) groups is 2. The Morgan fingerprint density at radius 1 is 0.900 bits per heavy atom. The number of halogens is 1. The number of imide groups is 1. The average molecular weight is 463 g/mol. The van der Waals surface area contributed by atoms with E-state index in [4.69, 9.17) is 4.74 Å². The summed E-state index contributed by atoms with van der Waals surface area (Å²) in [5.41, 5.74) is 2.79. The van der Waals surface area contributed by atoms with E-state index in [1.807, 2.05) is 78.9 Å². The van der Waals surface area contributed by atoms with Gasteiger partial charge in [-0.1, -0.05) is 70.5 Å². The molecule has 3 aromatic rings. The topological polar surface area (TPSA) is 58.6 Å². The van der Waals surface area contributed by atoms with Crippen LogP contribution >= 0.6 is 15.9 Å². The van der Waals surface area contributed by atoms with E-state index in [1.165, 1.54) is 4.90 Å². The smallest absolute Gasteiger partial charge is 0.278 e. The SMILES string of the molecule is COc1ccccc1CN1C(=O)C(Nc2cccc(Br)c2)=C(c2ccccc2)C1=O. The van der Waals surface area contributed by atoms with Crippen LogP contribution in [0.1, 0.15) is 11.1 Å². The van der Waals surface area contributed by atoms with Crippen LogP contribution in [-0.2, 0) is 16.1 Å². The van der Waals surface area contributed by atoms with E-state index in [0.29, 0.717) is 22.6 Å². The van der Waals surface area contributed by atoms with E-state index in [2.05, 4.69) is 21.2 Å². The Bertz CT molecular complexity index is 1140. The fourth-order valence-electron chi connectivity index (χ4n) is 3.42. The quantitative estimate of drug-likeness (QED) is 0.531. The van der Waals surface area contributed by atoms with Gasteiger partial charge < -0.3 is 10.1 Å². The molecule has 1 N–H and O–H groups in total. The van der Waals surface area contributed by atoms with Crippen LogP contribution in [0.3, 0.4) is 0 Å². The second-order valence-corrected chi connectivity index (χ2v) is 7.68. The average Bonchev–Trinajstić information content (AvgIpc) is 2.99. The zero-order valence-electron chi connectivity index (χ0n) is 16.3. The summed E-state index contributed by atoms with van der Waals surface area (Å²) < 4.78 is 6.26. The molecule has 30 heavy (non-hydrogen) atoms. The van der Waals surface area contributed by atoms with Crippen molar-refractivity contribution in [3.05, 3.63) is 100 Å². The van der Waals surface area contributed by atoms with E-state index < -0.39 is 0 Å². The maximum Gasteiger partial charge on any atom is 0.278 e. The highest BCUT2D eigenvalue weighted by Crippen LogP contribution is 2.33. The molecule has 1 aliphatic heterocycles. The van der Waals surface area contributed by atoms with Gasteiger partial charge in [-0.15, -0.1) is 0 Å². The van der Waals surface area contributed by atoms with Crippen molar-refractivity contribution in [3.8, 4) is 5.75 Å². The number of hydrogen-bond acceptors (Lipinski definition) is 4. The maximum absolute atomic E-state index is 13.3. The fraction of sp³-hybridized carbons (Fsp3) is 0.0833. The Balaban J connectivity index is 1.74. The van der Waals surface area contributed by atoms with Gasteiger partial charge in [0.05, 0.1) is 19.2 Å². The lowest BCUT2D eigenvalue weighted by molar-refractivity contribution is -0.137. The summed E-state index contributed by atoms with van der Waals surface area (Å²) in [7, 11) is 1.57. The van der Waals surface area contributed by atoms with Crippen molar-refractivity contribution >= 4 is 39.0 Å². The Labute approximate surface area is 183 Å². The highest BCUT2D eigenvalue weighted by molar-refractivity contribution is 9.10. The number of para-hydroxylation sites is 1. The molecule has 0 radical (unpaired) electrons. The van der Waals surface area contributed by atoms with Gasteiger partial charge in [-0.3, -0.25) is 14.5 Å². The fourth-order valence-corrected chi connectivity index (χ4v) is 3.82. The number of anilines is 1. The van der Waals surface area contributed by atoms with Crippen LogP contribution in [0.25, 0.3) is 5.57 Å². The van der Waals surface area contributed by atoms with Crippen molar-refractivity contribution in [2.75, 3.05) is 12.4 Å². The second kappa shape index (κ2) is 8.55. The molecule has 3 aromatic carbocycles. The largest absolute Gasteiger partial charge is 0.496 e. The third kappa shape index (κ3) is 3.86. The highest BCUT2D eigenvalue weighted by Gasteiger charge is 2.39. The molecular formula is C24H19BrN2O3. The minimum absolute atomic E-state index is 0.127. The first-order chi connectivity index (χ1) is 14.6. The van der Waals surface area contributed by atoms with Crippen LogP contribution in [0, 0.1) is 0 Å². The summed E-state index contributed by atoms with van der Waals surface area (Å²) in [5, 5.41) is 3.16. The number of nitrogens with one attached hydrogen (secondary N) is 1. The van der Waals surface area contributed by atoms with Gasteiger partial charge in [-0.2, -0.15) is 0 Å². The molecule has 150 valence electrons. The molecule has 4 rings (SSSR count). The van der Waals surface area contributed by atoms with Crippen molar-refractivity contribution in [2.45, 2.75) is 6.54 Å². The monoisotopic (exact) mass is 462 g/mol. The van der Waals surface area contributed by atoms with Crippen LogP contribution in [0.15, 0.2) is 89.0 Å². The van der Waals surface area contributed by atoms with Gasteiger partial charge in [-0.05, 0) is 29.8 Å². The summed E-state index contributed by atoms with van der Waals surface area (Å²) in [6.07, 6.45) is 0. The molecule has 1 heterocycles. The van der Waals surface area contributed by atoms with Crippen LogP contribution in [-0.4, -0.2) is 23.8 Å². The van der Waals surface area contributed by atoms with Crippen LogP contribution in [0.2, 0.25) is 0 Å². The van der Waals surface area contributed by atoms with Crippen LogP contribution in [0.5, 0.6) is 5.75 Å². The van der Waals surface area contributed by atoms with Gasteiger partial charge in [0, 0.05) is 15.7 Å². The predicted octanol–water partition coefficient (Wildman–Crippen LogP) is 4.85. The highest BCUT2D eigenvalue weighted by atomic mass is 79.9. The number of benzene rings is 3. The van der Waals surface area contributed by atoms with Gasteiger partial charge in [0.15, 0.2) is 0 Å². The maximum atomic E-state index is 13.3. The molecule has 0 aromatic heterocycles. The molecule has 0 atom stereocenters. The zero-order chi connectivity index (χ0) is 21.1. The lowest BCUT2D eigenvalue weighted by Crippen LogP contribution is -2.32. The molecule has 1 aliphatic rings. The number of nitrogens with zero attached hydrogens (tertiary/aromatic N) is 1. The molecular weight excluding hydrogens is 444 g/mol. The molecule has 2 amide bonds. The van der Waals surface area contributed by atoms with Crippen molar-refractivity contribution in [1.29, 1.82) is 0 Å². The minimum atomic E-state index is -0.371. The standard InChI is InChI=1S/C24H19BrN2O3/c1-30-20-13-6-5-10-17(20)15-27-23(28)21(16-8-3-2-4-9-16)22(24(27)29)26-19-12-7-11-18(25)14-19/h2-14,26H,15H2,1H3. The molecule has 0 saturated carbocycles. The van der Waals surface area contributed by atoms with Crippen molar-refractivity contribution in [2.24, 2.45) is 0 Å². The zero-order valence-corrected chi connectivity index (χ0v) is 17.8. The Morgan fingerprint density at radius 3 is 2.37 bits per heavy atom. The molecule has 5 nitrogen and oxygen atoms in total. The number of carbonyl (C=O) groups excluding carboxylic acids is 2. The van der Waals surface area contributed by atoms with E-state index in [0.717, 1.165) is 10.0 Å². The number of rotatable bonds is 6. The molecule has 0 aliphatic carbocycles. The second-order valence-electron chi connectivity index (χ2n) is 6.76. The van der Waals surface area contributed by atoms with Crippen LogP contribution in [0.4, 0.5) is 5.69 Å². The van der Waals surface area contributed by atoms with Gasteiger partial charge in [0.1, 0.15) is 11.4 Å². The van der Waals surface area contributed by atoms with Crippen molar-refractivity contribution in [1.82, 2.24) is 4.90 Å². The van der Waals surface area contributed by atoms with Gasteiger partial charge in [0.25, 0.3) is 11.8 Å². The van der Waals surface area contributed by atoms with Gasteiger partial charge in [0.2, 0.25) is 0 Å². The number of ether oxygens (including phenoxy) is 1. The molecule has 0 spiro atoms. The normalized spacial score (nSPS) is 13.7. The molecule has 6 heteroatoms. The molecule has 0 bridgehead atoms. The third-order valence-electron chi connectivity index (χ3n) is 4.85. The van der Waals surface area contributed by atoms with Crippen molar-refractivity contribution in [3.63, 3.8) is 0 Å². The lowest BCUT2D eigenvalue weighted by atomic mass is 10.0. The number of amides is 2. The summed E-state index contributed by atoms with van der Waals surface area (Å²) in [6.45, 7) is 0.127. The van der Waals surface area contributed by atoms with E-state index in [9.17, 15) is 9.59 Å². The lowest BCUT2D eigenvalue weighted by Gasteiger charge is -2.17. The third-order valence-corrected chi connectivity index (χ3v) is 5.34. The first-order valence-corrected chi connectivity index (χ1v) is 10.2. The van der Waals surface area contributed by atoms with E-state index >= 15 is 0 Å². The number of hydrogen-bond donors (Lipinski definition) is 1.